The standard InChI is InChI=1S/C21H27N3O/c1-4-21(25)24-12-10-23(11-13-24)20-9-8-19(15-22-20)18-7-5-6-17(14-18)16(2)3/h5-9,14-16H,4,10-13H2,1-3H3. The summed E-state index contributed by atoms with van der Waals surface area (Å²) >= 11 is 0. The molecule has 0 radical (unpaired) electrons. The van der Waals surface area contributed by atoms with Crippen LogP contribution in [0.1, 0.15) is 38.7 Å². The summed E-state index contributed by atoms with van der Waals surface area (Å²) in [5, 5.41) is 0. The Morgan fingerprint density at radius 1 is 1.08 bits per heavy atom. The van der Waals surface area contributed by atoms with Crippen molar-refractivity contribution in [2.45, 2.75) is 33.1 Å². The molecule has 0 unspecified atom stereocenters. The molecule has 1 amide bonds. The number of anilines is 1. The first-order valence-corrected chi connectivity index (χ1v) is 9.17. The highest BCUT2D eigenvalue weighted by atomic mass is 16.2. The lowest BCUT2D eigenvalue weighted by Gasteiger charge is -2.35. The minimum Gasteiger partial charge on any atom is -0.353 e. The molecule has 25 heavy (non-hydrogen) atoms. The second-order valence-electron chi connectivity index (χ2n) is 6.91. The quantitative estimate of drug-likeness (QED) is 0.848. The van der Waals surface area contributed by atoms with Crippen molar-refractivity contribution in [2.75, 3.05) is 31.1 Å². The molecule has 2 heterocycles. The maximum atomic E-state index is 11.8. The van der Waals surface area contributed by atoms with Gasteiger partial charge in [-0.3, -0.25) is 4.79 Å². The number of carbonyl (C=O) groups is 1. The monoisotopic (exact) mass is 337 g/mol. The molecule has 132 valence electrons. The highest BCUT2D eigenvalue weighted by molar-refractivity contribution is 5.76. The van der Waals surface area contributed by atoms with Gasteiger partial charge in [0.2, 0.25) is 5.91 Å². The molecular weight excluding hydrogens is 310 g/mol. The van der Waals surface area contributed by atoms with Gasteiger partial charge in [-0.25, -0.2) is 4.98 Å². The summed E-state index contributed by atoms with van der Waals surface area (Å²) in [6.07, 6.45) is 2.54. The van der Waals surface area contributed by atoms with E-state index in [1.165, 1.54) is 11.1 Å². The first-order valence-electron chi connectivity index (χ1n) is 9.17. The van der Waals surface area contributed by atoms with Crippen molar-refractivity contribution in [1.82, 2.24) is 9.88 Å². The Balaban J connectivity index is 1.69. The Bertz CT molecular complexity index is 716. The van der Waals surface area contributed by atoms with Crippen LogP contribution < -0.4 is 4.90 Å². The number of rotatable bonds is 4. The number of piperazine rings is 1. The molecule has 3 rings (SSSR count). The van der Waals surface area contributed by atoms with Crippen molar-refractivity contribution in [3.63, 3.8) is 0 Å². The normalized spacial score (nSPS) is 14.9. The minimum absolute atomic E-state index is 0.244. The van der Waals surface area contributed by atoms with E-state index in [9.17, 15) is 4.79 Å². The van der Waals surface area contributed by atoms with E-state index in [-0.39, 0.29) is 5.91 Å². The van der Waals surface area contributed by atoms with E-state index in [1.807, 2.05) is 18.0 Å². The van der Waals surface area contributed by atoms with Gasteiger partial charge in [-0.2, -0.15) is 0 Å². The highest BCUT2D eigenvalue weighted by Gasteiger charge is 2.20. The van der Waals surface area contributed by atoms with Gasteiger partial charge >= 0.3 is 0 Å². The van der Waals surface area contributed by atoms with Gasteiger partial charge in [0, 0.05) is 44.4 Å². The fraction of sp³-hybridized carbons (Fsp3) is 0.429. The maximum Gasteiger partial charge on any atom is 0.222 e. The Hall–Kier alpha value is -2.36. The predicted molar refractivity (Wildman–Crippen MR) is 103 cm³/mol. The van der Waals surface area contributed by atoms with Crippen LogP contribution in [-0.2, 0) is 4.79 Å². The summed E-state index contributed by atoms with van der Waals surface area (Å²) in [4.78, 5) is 20.6. The number of hydrogen-bond donors (Lipinski definition) is 0. The Morgan fingerprint density at radius 2 is 1.84 bits per heavy atom. The van der Waals surface area contributed by atoms with Crippen LogP contribution in [0.5, 0.6) is 0 Å². The molecule has 1 aromatic heterocycles. The lowest BCUT2D eigenvalue weighted by molar-refractivity contribution is -0.131. The number of aromatic nitrogens is 1. The van der Waals surface area contributed by atoms with Gasteiger partial charge in [0.15, 0.2) is 0 Å². The molecule has 0 saturated carbocycles. The fourth-order valence-corrected chi connectivity index (χ4v) is 3.23. The van der Waals surface area contributed by atoms with E-state index in [0.717, 1.165) is 37.6 Å². The molecule has 2 aromatic rings. The number of amides is 1. The minimum atomic E-state index is 0.244. The Kier molecular flexibility index (Phi) is 5.37. The average molecular weight is 337 g/mol. The summed E-state index contributed by atoms with van der Waals surface area (Å²) in [5.74, 6) is 1.76. The molecule has 1 aliphatic heterocycles. The third-order valence-corrected chi connectivity index (χ3v) is 4.89. The van der Waals surface area contributed by atoms with E-state index < -0.39 is 0 Å². The molecule has 0 atom stereocenters. The van der Waals surface area contributed by atoms with Gasteiger partial charge in [-0.05, 0) is 29.2 Å². The average Bonchev–Trinajstić information content (AvgIpc) is 2.67. The van der Waals surface area contributed by atoms with Crippen LogP contribution in [0.2, 0.25) is 0 Å². The van der Waals surface area contributed by atoms with Crippen LogP contribution in [0, 0.1) is 0 Å². The smallest absolute Gasteiger partial charge is 0.222 e. The zero-order valence-corrected chi connectivity index (χ0v) is 15.4. The van der Waals surface area contributed by atoms with Crippen LogP contribution in [0.25, 0.3) is 11.1 Å². The van der Waals surface area contributed by atoms with Gasteiger partial charge in [-0.1, -0.05) is 45.0 Å². The van der Waals surface area contributed by atoms with Crippen molar-refractivity contribution in [2.24, 2.45) is 0 Å². The first kappa shape index (κ1) is 17.5. The van der Waals surface area contributed by atoms with Crippen LogP contribution in [0.4, 0.5) is 5.82 Å². The highest BCUT2D eigenvalue weighted by Crippen LogP contribution is 2.25. The van der Waals surface area contributed by atoms with Gasteiger partial charge in [0.25, 0.3) is 0 Å². The molecule has 4 heteroatoms. The van der Waals surface area contributed by atoms with E-state index >= 15 is 0 Å². The molecule has 4 nitrogen and oxygen atoms in total. The molecule has 1 fully saturated rings. The molecule has 0 N–H and O–H groups in total. The van der Waals surface area contributed by atoms with E-state index in [4.69, 9.17) is 0 Å². The van der Waals surface area contributed by atoms with Crippen LogP contribution in [0.3, 0.4) is 0 Å². The Morgan fingerprint density at radius 3 is 2.44 bits per heavy atom. The summed E-state index contributed by atoms with van der Waals surface area (Å²) in [7, 11) is 0. The molecule has 0 aliphatic carbocycles. The van der Waals surface area contributed by atoms with Gasteiger partial charge in [0.1, 0.15) is 5.82 Å². The van der Waals surface area contributed by atoms with Crippen LogP contribution in [-0.4, -0.2) is 42.0 Å². The van der Waals surface area contributed by atoms with E-state index in [0.29, 0.717) is 12.3 Å². The first-order chi connectivity index (χ1) is 12.1. The topological polar surface area (TPSA) is 36.4 Å². The molecule has 0 spiro atoms. The number of nitrogens with zero attached hydrogens (tertiary/aromatic N) is 3. The SMILES string of the molecule is CCC(=O)N1CCN(c2ccc(-c3cccc(C(C)C)c3)cn2)CC1. The van der Waals surface area contributed by atoms with E-state index in [2.05, 4.69) is 60.1 Å². The Labute approximate surface area is 150 Å². The van der Waals surface area contributed by atoms with Crippen molar-refractivity contribution in [1.29, 1.82) is 0 Å². The third-order valence-electron chi connectivity index (χ3n) is 4.89. The number of pyridine rings is 1. The molecule has 1 aromatic carbocycles. The summed E-state index contributed by atoms with van der Waals surface area (Å²) in [5.41, 5.74) is 3.70. The van der Waals surface area contributed by atoms with Crippen LogP contribution >= 0.6 is 0 Å². The van der Waals surface area contributed by atoms with Gasteiger partial charge < -0.3 is 9.80 Å². The molecule has 0 bridgehead atoms. The third kappa shape index (κ3) is 4.01. The maximum absolute atomic E-state index is 11.8. The fourth-order valence-electron chi connectivity index (χ4n) is 3.23. The largest absolute Gasteiger partial charge is 0.353 e. The molecule has 1 aliphatic rings. The van der Waals surface area contributed by atoms with Crippen molar-refractivity contribution >= 4 is 11.7 Å². The predicted octanol–water partition coefficient (Wildman–Crippen LogP) is 3.93. The second kappa shape index (κ2) is 7.68. The summed E-state index contributed by atoms with van der Waals surface area (Å²) < 4.78 is 0. The van der Waals surface area contributed by atoms with Crippen molar-refractivity contribution in [3.8, 4) is 11.1 Å². The zero-order chi connectivity index (χ0) is 17.8. The van der Waals surface area contributed by atoms with E-state index in [1.54, 1.807) is 0 Å². The molecular formula is C21H27N3O. The van der Waals surface area contributed by atoms with Crippen molar-refractivity contribution in [3.05, 3.63) is 48.2 Å². The zero-order valence-electron chi connectivity index (χ0n) is 15.4. The second-order valence-corrected chi connectivity index (χ2v) is 6.91. The van der Waals surface area contributed by atoms with Crippen molar-refractivity contribution < 1.29 is 4.79 Å². The van der Waals surface area contributed by atoms with Gasteiger partial charge in [-0.15, -0.1) is 0 Å². The number of benzene rings is 1. The summed E-state index contributed by atoms with van der Waals surface area (Å²) in [6, 6.07) is 12.9. The number of hydrogen-bond acceptors (Lipinski definition) is 3. The number of carbonyl (C=O) groups excluding carboxylic acids is 1. The van der Waals surface area contributed by atoms with Gasteiger partial charge in [0.05, 0.1) is 0 Å². The van der Waals surface area contributed by atoms with Crippen LogP contribution in [0.15, 0.2) is 42.6 Å². The molecule has 1 saturated heterocycles. The lowest BCUT2D eigenvalue weighted by atomic mass is 9.98. The lowest BCUT2D eigenvalue weighted by Crippen LogP contribution is -2.48. The summed E-state index contributed by atoms with van der Waals surface area (Å²) in [6.45, 7) is 9.61.